The first-order chi connectivity index (χ1) is 14.2. The first-order valence-electron chi connectivity index (χ1n) is 9.78. The molecule has 29 heavy (non-hydrogen) atoms. The lowest BCUT2D eigenvalue weighted by molar-refractivity contribution is 0.573. The molecule has 3 heteroatoms. The summed E-state index contributed by atoms with van der Waals surface area (Å²) in [5.41, 5.74) is 6.33. The number of nitrogens with two attached hydrogens (primary N) is 1. The monoisotopic (exact) mass is 381 g/mol. The SMILES string of the molecule is C=Cc1ccccc1C(=C)N(Cc1ccccc1CC)/C(=N\N)c1ccccc1. The fourth-order valence-corrected chi connectivity index (χ4v) is 3.50. The first kappa shape index (κ1) is 20.2. The molecule has 3 aromatic rings. The van der Waals surface area contributed by atoms with Gasteiger partial charge in [-0.15, -0.1) is 0 Å². The zero-order chi connectivity index (χ0) is 20.6. The van der Waals surface area contributed by atoms with Gasteiger partial charge in [0.25, 0.3) is 0 Å². The van der Waals surface area contributed by atoms with E-state index in [0.29, 0.717) is 12.4 Å². The van der Waals surface area contributed by atoms with Crippen molar-refractivity contribution in [1.29, 1.82) is 0 Å². The van der Waals surface area contributed by atoms with Crippen molar-refractivity contribution in [3.8, 4) is 0 Å². The minimum absolute atomic E-state index is 0.624. The highest BCUT2D eigenvalue weighted by molar-refractivity contribution is 6.03. The van der Waals surface area contributed by atoms with E-state index >= 15 is 0 Å². The Balaban J connectivity index is 2.10. The molecular formula is C26H27N3. The van der Waals surface area contributed by atoms with E-state index in [1.165, 1.54) is 11.1 Å². The van der Waals surface area contributed by atoms with E-state index in [0.717, 1.165) is 28.8 Å². The van der Waals surface area contributed by atoms with Crippen molar-refractivity contribution < 1.29 is 0 Å². The Morgan fingerprint density at radius 1 is 0.931 bits per heavy atom. The Morgan fingerprint density at radius 3 is 2.21 bits per heavy atom. The van der Waals surface area contributed by atoms with E-state index in [4.69, 9.17) is 5.84 Å². The molecule has 0 fully saturated rings. The normalized spacial score (nSPS) is 11.1. The summed E-state index contributed by atoms with van der Waals surface area (Å²) in [7, 11) is 0. The summed E-state index contributed by atoms with van der Waals surface area (Å²) in [4.78, 5) is 2.09. The predicted octanol–water partition coefficient (Wildman–Crippen LogP) is 5.69. The molecule has 0 atom stereocenters. The van der Waals surface area contributed by atoms with Crippen LogP contribution in [0.2, 0.25) is 0 Å². The van der Waals surface area contributed by atoms with Gasteiger partial charge in [0.05, 0.1) is 0 Å². The van der Waals surface area contributed by atoms with E-state index in [1.54, 1.807) is 0 Å². The minimum atomic E-state index is 0.624. The number of amidine groups is 1. The molecule has 0 heterocycles. The van der Waals surface area contributed by atoms with Gasteiger partial charge in [-0.05, 0) is 23.1 Å². The average molecular weight is 382 g/mol. The number of hydrogen-bond acceptors (Lipinski definition) is 2. The summed E-state index contributed by atoms with van der Waals surface area (Å²) in [6.45, 7) is 11.2. The second kappa shape index (κ2) is 9.56. The molecule has 0 amide bonds. The summed E-state index contributed by atoms with van der Waals surface area (Å²) in [6.07, 6.45) is 2.81. The van der Waals surface area contributed by atoms with Gasteiger partial charge in [-0.3, -0.25) is 0 Å². The molecule has 0 saturated carbocycles. The lowest BCUT2D eigenvalue weighted by Gasteiger charge is -2.29. The highest BCUT2D eigenvalue weighted by Crippen LogP contribution is 2.27. The van der Waals surface area contributed by atoms with Crippen LogP contribution in [0.25, 0.3) is 11.8 Å². The Kier molecular flexibility index (Phi) is 6.64. The van der Waals surface area contributed by atoms with Crippen LogP contribution in [-0.4, -0.2) is 10.7 Å². The number of benzene rings is 3. The Hall–Kier alpha value is -3.59. The summed E-state index contributed by atoms with van der Waals surface area (Å²) in [5, 5.41) is 4.17. The third kappa shape index (κ3) is 4.46. The van der Waals surface area contributed by atoms with Crippen LogP contribution >= 0.6 is 0 Å². The summed E-state index contributed by atoms with van der Waals surface area (Å²) in [5.74, 6) is 6.58. The van der Waals surface area contributed by atoms with E-state index in [2.05, 4.69) is 60.4 Å². The van der Waals surface area contributed by atoms with Crippen LogP contribution in [0, 0.1) is 0 Å². The van der Waals surface area contributed by atoms with Crippen molar-refractivity contribution in [2.45, 2.75) is 19.9 Å². The molecule has 146 valence electrons. The second-order valence-electron chi connectivity index (χ2n) is 6.77. The Labute approximate surface area is 173 Å². The van der Waals surface area contributed by atoms with Crippen molar-refractivity contribution in [3.05, 3.63) is 120 Å². The largest absolute Gasteiger partial charge is 0.321 e. The Morgan fingerprint density at radius 2 is 1.55 bits per heavy atom. The molecule has 0 aliphatic rings. The number of nitrogens with zero attached hydrogens (tertiary/aromatic N) is 2. The lowest BCUT2D eigenvalue weighted by Crippen LogP contribution is -2.31. The number of hydrogen-bond donors (Lipinski definition) is 1. The van der Waals surface area contributed by atoms with E-state index in [-0.39, 0.29) is 0 Å². The maximum atomic E-state index is 5.90. The van der Waals surface area contributed by atoms with E-state index in [1.807, 2.05) is 54.6 Å². The molecular weight excluding hydrogens is 354 g/mol. The minimum Gasteiger partial charge on any atom is -0.321 e. The fraction of sp³-hybridized carbons (Fsp3) is 0.115. The first-order valence-corrected chi connectivity index (χ1v) is 9.78. The highest BCUT2D eigenvalue weighted by atomic mass is 15.3. The summed E-state index contributed by atoms with van der Waals surface area (Å²) >= 11 is 0. The number of aryl methyl sites for hydroxylation is 1. The van der Waals surface area contributed by atoms with Gasteiger partial charge < -0.3 is 10.7 Å². The molecule has 0 aliphatic heterocycles. The van der Waals surface area contributed by atoms with E-state index < -0.39 is 0 Å². The van der Waals surface area contributed by atoms with Gasteiger partial charge in [0.2, 0.25) is 0 Å². The number of hydrazone groups is 1. The predicted molar refractivity (Wildman–Crippen MR) is 124 cm³/mol. The third-order valence-electron chi connectivity index (χ3n) is 5.06. The molecule has 3 nitrogen and oxygen atoms in total. The molecule has 0 saturated heterocycles. The average Bonchev–Trinajstić information content (AvgIpc) is 2.79. The molecule has 0 bridgehead atoms. The van der Waals surface area contributed by atoms with Crippen LogP contribution in [0.3, 0.4) is 0 Å². The molecule has 0 aromatic heterocycles. The van der Waals surface area contributed by atoms with Gasteiger partial charge >= 0.3 is 0 Å². The summed E-state index contributed by atoms with van der Waals surface area (Å²) in [6, 6.07) is 26.5. The highest BCUT2D eigenvalue weighted by Gasteiger charge is 2.20. The maximum absolute atomic E-state index is 5.90. The van der Waals surface area contributed by atoms with Gasteiger partial charge in [-0.25, -0.2) is 0 Å². The second-order valence-corrected chi connectivity index (χ2v) is 6.77. The molecule has 0 radical (unpaired) electrons. The van der Waals surface area contributed by atoms with Crippen molar-refractivity contribution in [2.24, 2.45) is 10.9 Å². The molecule has 2 N–H and O–H groups in total. The number of rotatable bonds is 7. The topological polar surface area (TPSA) is 41.6 Å². The van der Waals surface area contributed by atoms with Crippen LogP contribution in [-0.2, 0) is 13.0 Å². The molecule has 3 rings (SSSR count). The standard InChI is InChI=1S/C26H27N3/c1-4-21-13-9-10-17-24(21)19-29(26(28-27)23-15-7-6-8-16-23)20(3)25-18-12-11-14-22(25)5-2/h5-18H,2-4,19,27H2,1H3/b28-26-. The van der Waals surface area contributed by atoms with Crippen LogP contribution in [0.4, 0.5) is 0 Å². The van der Waals surface area contributed by atoms with Gasteiger partial charge in [0.15, 0.2) is 5.84 Å². The van der Waals surface area contributed by atoms with Gasteiger partial charge in [-0.1, -0.05) is 105 Å². The van der Waals surface area contributed by atoms with Gasteiger partial charge in [-0.2, -0.15) is 5.10 Å². The quantitative estimate of drug-likeness (QED) is 0.247. The van der Waals surface area contributed by atoms with Crippen LogP contribution in [0.1, 0.15) is 34.7 Å². The van der Waals surface area contributed by atoms with Crippen molar-refractivity contribution in [3.63, 3.8) is 0 Å². The smallest absolute Gasteiger partial charge is 0.160 e. The van der Waals surface area contributed by atoms with Gasteiger partial charge in [0, 0.05) is 23.4 Å². The zero-order valence-electron chi connectivity index (χ0n) is 16.9. The lowest BCUT2D eigenvalue weighted by atomic mass is 10.0. The van der Waals surface area contributed by atoms with Crippen LogP contribution < -0.4 is 5.84 Å². The maximum Gasteiger partial charge on any atom is 0.160 e. The Bertz CT molecular complexity index is 1020. The van der Waals surface area contributed by atoms with Crippen molar-refractivity contribution in [2.75, 3.05) is 0 Å². The fourth-order valence-electron chi connectivity index (χ4n) is 3.50. The third-order valence-corrected chi connectivity index (χ3v) is 5.06. The van der Waals surface area contributed by atoms with E-state index in [9.17, 15) is 0 Å². The van der Waals surface area contributed by atoms with Crippen molar-refractivity contribution in [1.82, 2.24) is 4.90 Å². The van der Waals surface area contributed by atoms with Gasteiger partial charge in [0.1, 0.15) is 0 Å². The zero-order valence-corrected chi connectivity index (χ0v) is 16.9. The molecule has 0 aliphatic carbocycles. The van der Waals surface area contributed by atoms with Crippen LogP contribution in [0.15, 0.2) is 97.1 Å². The summed E-state index contributed by atoms with van der Waals surface area (Å²) < 4.78 is 0. The molecule has 3 aromatic carbocycles. The molecule has 0 spiro atoms. The van der Waals surface area contributed by atoms with Crippen LogP contribution in [0.5, 0.6) is 0 Å². The van der Waals surface area contributed by atoms with Crippen molar-refractivity contribution >= 4 is 17.6 Å². The molecule has 0 unspecified atom stereocenters.